The molecule has 1 aliphatic carbocycles. The summed E-state index contributed by atoms with van der Waals surface area (Å²) in [5.74, 6) is -0.976. The number of piperazine rings is 1. The first-order valence-corrected chi connectivity index (χ1v) is 15.8. The first-order chi connectivity index (χ1) is 22.8. The normalized spacial score (nSPS) is 15.5. The van der Waals surface area contributed by atoms with Crippen LogP contribution in [0.5, 0.6) is 11.6 Å². The van der Waals surface area contributed by atoms with Crippen LogP contribution in [0.1, 0.15) is 48.7 Å². The van der Waals surface area contributed by atoms with Gasteiger partial charge in [0, 0.05) is 44.2 Å². The molecule has 2 aliphatic rings. The quantitative estimate of drug-likeness (QED) is 0.298. The van der Waals surface area contributed by atoms with Gasteiger partial charge in [-0.05, 0) is 50.3 Å². The zero-order chi connectivity index (χ0) is 33.2. The summed E-state index contributed by atoms with van der Waals surface area (Å²) in [6, 6.07) is 16.5. The molecule has 1 aromatic heterocycles. The number of ether oxygens (including phenoxy) is 3. The highest BCUT2D eigenvalue weighted by Crippen LogP contribution is 2.26. The minimum absolute atomic E-state index is 0.00878. The smallest absolute Gasteiger partial charge is 0.409 e. The molecule has 1 saturated carbocycles. The Morgan fingerprint density at radius 2 is 1.62 bits per heavy atom. The summed E-state index contributed by atoms with van der Waals surface area (Å²) in [4.78, 5) is 63.2. The van der Waals surface area contributed by atoms with Crippen molar-refractivity contribution < 1.29 is 38.5 Å². The molecule has 1 unspecified atom stereocenters. The molecule has 2 N–H and O–H groups in total. The van der Waals surface area contributed by atoms with Crippen molar-refractivity contribution in [2.24, 2.45) is 0 Å². The lowest BCUT2D eigenvalue weighted by Crippen LogP contribution is -2.56. The predicted molar refractivity (Wildman–Crippen MR) is 170 cm³/mol. The average molecular weight is 646 g/mol. The number of rotatable bonds is 12. The van der Waals surface area contributed by atoms with Crippen molar-refractivity contribution >= 4 is 23.9 Å². The number of benzene rings is 2. The summed E-state index contributed by atoms with van der Waals surface area (Å²) in [6.07, 6.45) is 3.68. The molecule has 13 heteroatoms. The highest BCUT2D eigenvalue weighted by atomic mass is 16.6. The zero-order valence-corrected chi connectivity index (χ0v) is 26.3. The number of hydrogen-bond donors (Lipinski definition) is 2. The Morgan fingerprint density at radius 3 is 2.28 bits per heavy atom. The van der Waals surface area contributed by atoms with Crippen LogP contribution in [0.4, 0.5) is 4.79 Å². The second-order valence-corrected chi connectivity index (χ2v) is 11.4. The molecule has 2 fully saturated rings. The van der Waals surface area contributed by atoms with Crippen LogP contribution in [-0.2, 0) is 20.7 Å². The number of aromatic nitrogens is 2. The second-order valence-electron chi connectivity index (χ2n) is 11.4. The lowest BCUT2D eigenvalue weighted by Gasteiger charge is -2.36. The number of carboxylic acid groups (broad SMARTS) is 1. The van der Waals surface area contributed by atoms with Gasteiger partial charge in [0.25, 0.3) is 5.91 Å². The van der Waals surface area contributed by atoms with E-state index in [-0.39, 0.29) is 43.8 Å². The van der Waals surface area contributed by atoms with Gasteiger partial charge in [-0.1, -0.05) is 42.5 Å². The van der Waals surface area contributed by atoms with E-state index in [9.17, 15) is 19.2 Å². The molecule has 1 aliphatic heterocycles. The monoisotopic (exact) mass is 645 g/mol. The van der Waals surface area contributed by atoms with Crippen LogP contribution < -0.4 is 14.8 Å². The Balaban J connectivity index is 1.37. The van der Waals surface area contributed by atoms with E-state index in [0.29, 0.717) is 30.5 Å². The van der Waals surface area contributed by atoms with Gasteiger partial charge in [-0.25, -0.2) is 14.6 Å². The van der Waals surface area contributed by atoms with E-state index in [2.05, 4.69) is 15.3 Å². The zero-order valence-electron chi connectivity index (χ0n) is 26.3. The van der Waals surface area contributed by atoms with Gasteiger partial charge in [0.05, 0.1) is 6.61 Å². The van der Waals surface area contributed by atoms with Crippen molar-refractivity contribution in [1.82, 2.24) is 25.1 Å². The Morgan fingerprint density at radius 1 is 0.936 bits per heavy atom. The fourth-order valence-electron chi connectivity index (χ4n) is 5.57. The van der Waals surface area contributed by atoms with Crippen LogP contribution in [0.3, 0.4) is 0 Å². The van der Waals surface area contributed by atoms with E-state index >= 15 is 0 Å². The van der Waals surface area contributed by atoms with Crippen molar-refractivity contribution in [3.63, 3.8) is 0 Å². The second kappa shape index (κ2) is 15.9. The number of carbonyl (C=O) groups is 4. The summed E-state index contributed by atoms with van der Waals surface area (Å²) in [7, 11) is 0. The van der Waals surface area contributed by atoms with Gasteiger partial charge in [0.2, 0.25) is 11.8 Å². The van der Waals surface area contributed by atoms with Crippen LogP contribution >= 0.6 is 0 Å². The van der Waals surface area contributed by atoms with E-state index < -0.39 is 30.6 Å². The van der Waals surface area contributed by atoms with E-state index in [4.69, 9.17) is 19.3 Å². The van der Waals surface area contributed by atoms with Crippen molar-refractivity contribution in [3.05, 3.63) is 71.9 Å². The molecule has 1 saturated heterocycles. The van der Waals surface area contributed by atoms with Crippen LogP contribution in [0.2, 0.25) is 0 Å². The number of carboxylic acids is 1. The molecule has 248 valence electrons. The number of amides is 3. The first-order valence-electron chi connectivity index (χ1n) is 15.8. The SMILES string of the molecule is CCOC(=O)N1CCN(C(=O)C(Cc2ccc(OCC(=O)O)cc2)NC(=O)c2cc(OC3CCCC3)nc(-c3ccccc3)n2)CC1. The maximum atomic E-state index is 13.9. The van der Waals surface area contributed by atoms with Crippen molar-refractivity contribution in [2.45, 2.75) is 51.2 Å². The van der Waals surface area contributed by atoms with E-state index in [0.717, 1.165) is 36.8 Å². The van der Waals surface area contributed by atoms with E-state index in [1.54, 1.807) is 41.0 Å². The van der Waals surface area contributed by atoms with Gasteiger partial charge in [0.1, 0.15) is 23.6 Å². The standard InChI is InChI=1S/C34H39N5O8/c1-2-45-34(44)39-18-16-38(17-19-39)33(43)28(20-23-12-14-25(15-13-23)46-22-30(40)41)36-32(42)27-21-29(47-26-10-6-7-11-26)37-31(35-27)24-8-4-3-5-9-24/h3-5,8-9,12-15,21,26,28H,2,6-7,10-11,16-20,22H2,1H3,(H,36,42)(H,40,41). The third-order valence-corrected chi connectivity index (χ3v) is 8.00. The summed E-state index contributed by atoms with van der Waals surface area (Å²) < 4.78 is 16.5. The van der Waals surface area contributed by atoms with Gasteiger partial charge in [-0.15, -0.1) is 0 Å². The highest BCUT2D eigenvalue weighted by molar-refractivity contribution is 5.96. The van der Waals surface area contributed by atoms with Crippen LogP contribution in [0.15, 0.2) is 60.7 Å². The molecule has 2 heterocycles. The maximum absolute atomic E-state index is 13.9. The molecule has 0 bridgehead atoms. The molecule has 3 amide bonds. The highest BCUT2D eigenvalue weighted by Gasteiger charge is 2.31. The van der Waals surface area contributed by atoms with Crippen LogP contribution in [0, 0.1) is 0 Å². The number of nitrogens with one attached hydrogen (secondary N) is 1. The minimum atomic E-state index is -1.09. The molecular weight excluding hydrogens is 606 g/mol. The van der Waals surface area contributed by atoms with Gasteiger partial charge in [-0.3, -0.25) is 9.59 Å². The molecule has 1 atom stereocenters. The van der Waals surface area contributed by atoms with Gasteiger partial charge in [-0.2, -0.15) is 4.98 Å². The summed E-state index contributed by atoms with van der Waals surface area (Å²) in [6.45, 7) is 2.66. The Kier molecular flexibility index (Phi) is 11.2. The number of aliphatic carboxylic acids is 1. The molecule has 13 nitrogen and oxygen atoms in total. The number of hydrogen-bond acceptors (Lipinski definition) is 9. The van der Waals surface area contributed by atoms with Gasteiger partial charge < -0.3 is 34.4 Å². The minimum Gasteiger partial charge on any atom is -0.482 e. The van der Waals surface area contributed by atoms with Gasteiger partial charge in [0.15, 0.2) is 12.4 Å². The molecule has 2 aromatic carbocycles. The molecule has 3 aromatic rings. The first kappa shape index (κ1) is 33.2. The summed E-state index contributed by atoms with van der Waals surface area (Å²) in [5, 5.41) is 11.8. The van der Waals surface area contributed by atoms with E-state index in [1.165, 1.54) is 6.07 Å². The average Bonchev–Trinajstić information content (AvgIpc) is 3.60. The Hall–Kier alpha value is -5.20. The van der Waals surface area contributed by atoms with Crippen molar-refractivity contribution in [2.75, 3.05) is 39.4 Å². The lowest BCUT2D eigenvalue weighted by atomic mass is 10.0. The third kappa shape index (κ3) is 9.18. The summed E-state index contributed by atoms with van der Waals surface area (Å²) >= 11 is 0. The van der Waals surface area contributed by atoms with Crippen LogP contribution in [-0.4, -0.2) is 100 Å². The lowest BCUT2D eigenvalue weighted by molar-refractivity contribution is -0.139. The van der Waals surface area contributed by atoms with E-state index in [1.807, 2.05) is 30.3 Å². The Labute approximate surface area is 272 Å². The molecule has 0 spiro atoms. The van der Waals surface area contributed by atoms with Crippen molar-refractivity contribution in [1.29, 1.82) is 0 Å². The molecule has 5 rings (SSSR count). The third-order valence-electron chi connectivity index (χ3n) is 8.00. The fraction of sp³-hybridized carbons (Fsp3) is 0.412. The largest absolute Gasteiger partial charge is 0.482 e. The number of carbonyl (C=O) groups excluding carboxylic acids is 3. The molecular formula is C34H39N5O8. The predicted octanol–water partition coefficient (Wildman–Crippen LogP) is 3.57. The Bertz CT molecular complexity index is 1540. The molecule has 47 heavy (non-hydrogen) atoms. The maximum Gasteiger partial charge on any atom is 0.409 e. The fourth-order valence-corrected chi connectivity index (χ4v) is 5.57. The van der Waals surface area contributed by atoms with Crippen molar-refractivity contribution in [3.8, 4) is 23.0 Å². The number of nitrogens with zero attached hydrogens (tertiary/aromatic N) is 4. The van der Waals surface area contributed by atoms with Gasteiger partial charge >= 0.3 is 12.1 Å². The summed E-state index contributed by atoms with van der Waals surface area (Å²) in [5.41, 5.74) is 1.50. The van der Waals surface area contributed by atoms with Crippen LogP contribution in [0.25, 0.3) is 11.4 Å². The topological polar surface area (TPSA) is 160 Å². The molecule has 0 radical (unpaired) electrons.